The average Bonchev–Trinajstić information content (AvgIpc) is 3.38. The van der Waals surface area contributed by atoms with Gasteiger partial charge in [0, 0.05) is 32.1 Å². The number of hydrogen-bond donors (Lipinski definition) is 1. The summed E-state index contributed by atoms with van der Waals surface area (Å²) in [6, 6.07) is 8.18. The van der Waals surface area contributed by atoms with Gasteiger partial charge in [-0.05, 0) is 25.3 Å². The first-order chi connectivity index (χ1) is 12.3. The second-order valence-corrected chi connectivity index (χ2v) is 7.62. The zero-order chi connectivity index (χ0) is 18.8. The van der Waals surface area contributed by atoms with Gasteiger partial charge in [-0.3, -0.25) is 14.4 Å². The van der Waals surface area contributed by atoms with Crippen molar-refractivity contribution in [3.05, 3.63) is 35.4 Å². The summed E-state index contributed by atoms with van der Waals surface area (Å²) in [6.45, 7) is 4.79. The number of carboxylic acids is 1. The van der Waals surface area contributed by atoms with Crippen molar-refractivity contribution in [3.63, 3.8) is 0 Å². The van der Waals surface area contributed by atoms with E-state index in [0.717, 1.165) is 18.4 Å². The molecule has 0 bridgehead atoms. The molecule has 1 aromatic carbocycles. The Labute approximate surface area is 153 Å². The molecular weight excluding hydrogens is 332 g/mol. The standard InChI is InChI=1S/C20H26N2O4/c1-13-3-5-15(6-4-13)11-21-12-16(9-18(21)23)19(24)22(17-7-8-17)10-14(2)20(25)26/h3-6,14,16-17H,7-12H2,1-2H3,(H,25,26). The van der Waals surface area contributed by atoms with Crippen LogP contribution in [-0.4, -0.2) is 51.8 Å². The van der Waals surface area contributed by atoms with Gasteiger partial charge in [-0.2, -0.15) is 0 Å². The molecule has 2 amide bonds. The number of amides is 2. The fourth-order valence-corrected chi connectivity index (χ4v) is 3.42. The maximum atomic E-state index is 12.9. The van der Waals surface area contributed by atoms with Gasteiger partial charge < -0.3 is 14.9 Å². The van der Waals surface area contributed by atoms with Crippen LogP contribution in [-0.2, 0) is 20.9 Å². The van der Waals surface area contributed by atoms with Crippen LogP contribution in [0.15, 0.2) is 24.3 Å². The van der Waals surface area contributed by atoms with E-state index in [1.807, 2.05) is 31.2 Å². The van der Waals surface area contributed by atoms with E-state index in [4.69, 9.17) is 5.11 Å². The molecule has 1 aliphatic heterocycles. The first-order valence-corrected chi connectivity index (χ1v) is 9.21. The summed E-state index contributed by atoms with van der Waals surface area (Å²) in [5.74, 6) is -1.94. The minimum Gasteiger partial charge on any atom is -0.481 e. The third kappa shape index (κ3) is 4.23. The molecule has 6 nitrogen and oxygen atoms in total. The number of hydrogen-bond acceptors (Lipinski definition) is 3. The van der Waals surface area contributed by atoms with Crippen molar-refractivity contribution in [2.45, 2.75) is 45.7 Å². The molecule has 26 heavy (non-hydrogen) atoms. The lowest BCUT2D eigenvalue weighted by Crippen LogP contribution is -2.42. The minimum atomic E-state index is -0.896. The number of likely N-dealkylation sites (tertiary alicyclic amines) is 1. The van der Waals surface area contributed by atoms with Crippen molar-refractivity contribution in [2.75, 3.05) is 13.1 Å². The molecule has 3 rings (SSSR count). The SMILES string of the molecule is Cc1ccc(CN2CC(C(=O)N(CC(C)C(=O)O)C3CC3)CC2=O)cc1. The highest BCUT2D eigenvalue weighted by molar-refractivity contribution is 5.89. The lowest BCUT2D eigenvalue weighted by atomic mass is 10.1. The number of carbonyl (C=O) groups excluding carboxylic acids is 2. The quantitative estimate of drug-likeness (QED) is 0.809. The van der Waals surface area contributed by atoms with E-state index in [1.165, 1.54) is 5.56 Å². The monoisotopic (exact) mass is 358 g/mol. The van der Waals surface area contributed by atoms with Crippen LogP contribution in [0.1, 0.15) is 37.3 Å². The van der Waals surface area contributed by atoms with Crippen LogP contribution < -0.4 is 0 Å². The molecule has 1 saturated heterocycles. The summed E-state index contributed by atoms with van der Waals surface area (Å²) in [6.07, 6.45) is 2.06. The second kappa shape index (κ2) is 7.48. The number of aryl methyl sites for hydroxylation is 1. The van der Waals surface area contributed by atoms with Crippen LogP contribution in [0, 0.1) is 18.8 Å². The number of carbonyl (C=O) groups is 3. The number of rotatable bonds is 7. The van der Waals surface area contributed by atoms with Crippen molar-refractivity contribution >= 4 is 17.8 Å². The van der Waals surface area contributed by atoms with Crippen LogP contribution in [0.4, 0.5) is 0 Å². The lowest BCUT2D eigenvalue weighted by molar-refractivity contribution is -0.144. The van der Waals surface area contributed by atoms with E-state index in [2.05, 4.69) is 0 Å². The normalized spacial score (nSPS) is 20.9. The summed E-state index contributed by atoms with van der Waals surface area (Å²) in [4.78, 5) is 39.9. The van der Waals surface area contributed by atoms with E-state index in [0.29, 0.717) is 13.1 Å². The smallest absolute Gasteiger partial charge is 0.308 e. The van der Waals surface area contributed by atoms with Crippen molar-refractivity contribution in [3.8, 4) is 0 Å². The Kier molecular flexibility index (Phi) is 5.30. The molecule has 140 valence electrons. The van der Waals surface area contributed by atoms with E-state index in [1.54, 1.807) is 16.7 Å². The van der Waals surface area contributed by atoms with Crippen molar-refractivity contribution in [1.82, 2.24) is 9.80 Å². The molecule has 1 heterocycles. The van der Waals surface area contributed by atoms with Crippen LogP contribution in [0.3, 0.4) is 0 Å². The molecule has 6 heteroatoms. The lowest BCUT2D eigenvalue weighted by Gasteiger charge is -2.27. The topological polar surface area (TPSA) is 77.9 Å². The van der Waals surface area contributed by atoms with Gasteiger partial charge >= 0.3 is 5.97 Å². The third-order valence-electron chi connectivity index (χ3n) is 5.22. The van der Waals surface area contributed by atoms with E-state index < -0.39 is 11.9 Å². The molecule has 1 aliphatic carbocycles. The molecule has 2 fully saturated rings. The highest BCUT2D eigenvalue weighted by Gasteiger charge is 2.41. The van der Waals surface area contributed by atoms with Gasteiger partial charge in [0.2, 0.25) is 11.8 Å². The zero-order valence-corrected chi connectivity index (χ0v) is 15.4. The van der Waals surface area contributed by atoms with Crippen LogP contribution >= 0.6 is 0 Å². The van der Waals surface area contributed by atoms with Gasteiger partial charge in [0.25, 0.3) is 0 Å². The maximum Gasteiger partial charge on any atom is 0.308 e. The van der Waals surface area contributed by atoms with E-state index >= 15 is 0 Å². The Morgan fingerprint density at radius 1 is 1.27 bits per heavy atom. The molecule has 1 N–H and O–H groups in total. The van der Waals surface area contributed by atoms with Gasteiger partial charge in [-0.15, -0.1) is 0 Å². The number of nitrogens with zero attached hydrogens (tertiary/aromatic N) is 2. The fraction of sp³-hybridized carbons (Fsp3) is 0.550. The highest BCUT2D eigenvalue weighted by Crippen LogP contribution is 2.31. The Bertz CT molecular complexity index is 696. The molecule has 0 aromatic heterocycles. The number of benzene rings is 1. The van der Waals surface area contributed by atoms with Crippen molar-refractivity contribution < 1.29 is 19.5 Å². The first-order valence-electron chi connectivity index (χ1n) is 9.21. The Morgan fingerprint density at radius 2 is 1.92 bits per heavy atom. The average molecular weight is 358 g/mol. The fourth-order valence-electron chi connectivity index (χ4n) is 3.42. The van der Waals surface area contributed by atoms with E-state index in [9.17, 15) is 14.4 Å². The molecule has 1 saturated carbocycles. The molecule has 2 aliphatic rings. The second-order valence-electron chi connectivity index (χ2n) is 7.62. The summed E-state index contributed by atoms with van der Waals surface area (Å²) in [5, 5.41) is 9.15. The summed E-state index contributed by atoms with van der Waals surface area (Å²) >= 11 is 0. The van der Waals surface area contributed by atoms with Gasteiger partial charge in [0.05, 0.1) is 11.8 Å². The minimum absolute atomic E-state index is 0.00838. The summed E-state index contributed by atoms with van der Waals surface area (Å²) in [7, 11) is 0. The highest BCUT2D eigenvalue weighted by atomic mass is 16.4. The van der Waals surface area contributed by atoms with E-state index in [-0.39, 0.29) is 36.7 Å². The van der Waals surface area contributed by atoms with Gasteiger partial charge in [-0.25, -0.2) is 0 Å². The Hall–Kier alpha value is -2.37. The maximum absolute atomic E-state index is 12.9. The molecule has 0 spiro atoms. The largest absolute Gasteiger partial charge is 0.481 e. The predicted molar refractivity (Wildman–Crippen MR) is 96.2 cm³/mol. The third-order valence-corrected chi connectivity index (χ3v) is 5.22. The van der Waals surface area contributed by atoms with Gasteiger partial charge in [0.1, 0.15) is 0 Å². The molecule has 1 aromatic rings. The van der Waals surface area contributed by atoms with Crippen LogP contribution in [0.5, 0.6) is 0 Å². The number of aliphatic carboxylic acids is 1. The molecule has 2 atom stereocenters. The number of carboxylic acid groups (broad SMARTS) is 1. The summed E-state index contributed by atoms with van der Waals surface area (Å²) < 4.78 is 0. The Morgan fingerprint density at radius 3 is 2.50 bits per heavy atom. The van der Waals surface area contributed by atoms with Crippen molar-refractivity contribution in [1.29, 1.82) is 0 Å². The van der Waals surface area contributed by atoms with Gasteiger partial charge in [-0.1, -0.05) is 36.8 Å². The van der Waals surface area contributed by atoms with Gasteiger partial charge in [0.15, 0.2) is 0 Å². The first kappa shape index (κ1) is 18.4. The van der Waals surface area contributed by atoms with Crippen LogP contribution in [0.25, 0.3) is 0 Å². The Balaban J connectivity index is 1.63. The van der Waals surface area contributed by atoms with Crippen LogP contribution in [0.2, 0.25) is 0 Å². The summed E-state index contributed by atoms with van der Waals surface area (Å²) in [5.41, 5.74) is 2.22. The molecular formula is C20H26N2O4. The molecule has 2 unspecified atom stereocenters. The molecule has 0 radical (unpaired) electrons. The zero-order valence-electron chi connectivity index (χ0n) is 15.4. The van der Waals surface area contributed by atoms with Crippen molar-refractivity contribution in [2.24, 2.45) is 11.8 Å². The predicted octanol–water partition coefficient (Wildman–Crippen LogP) is 2.06.